The Morgan fingerprint density at radius 1 is 0.808 bits per heavy atom. The van der Waals surface area contributed by atoms with Gasteiger partial charge in [-0.25, -0.2) is 19.6 Å². The molecule has 0 atom stereocenters. The molecule has 0 radical (unpaired) electrons. The van der Waals surface area contributed by atoms with Gasteiger partial charge in [-0.3, -0.25) is 0 Å². The highest BCUT2D eigenvalue weighted by molar-refractivity contribution is 8.76. The Morgan fingerprint density at radius 3 is 1.46 bits per heavy atom. The molecule has 10 nitrogen and oxygen atoms in total. The van der Waals surface area contributed by atoms with Gasteiger partial charge < -0.3 is 9.80 Å². The van der Waals surface area contributed by atoms with Gasteiger partial charge in [0.1, 0.15) is 12.7 Å². The number of rotatable bonds is 7. The Labute approximate surface area is 159 Å². The Bertz CT molecular complexity index is 677. The van der Waals surface area contributed by atoms with Crippen LogP contribution in [-0.4, -0.2) is 77.6 Å². The summed E-state index contributed by atoms with van der Waals surface area (Å²) in [6.45, 7) is 10.1. The van der Waals surface area contributed by atoms with Crippen LogP contribution in [-0.2, 0) is 0 Å². The monoisotopic (exact) mass is 398 g/mol. The second-order valence-corrected chi connectivity index (χ2v) is 7.08. The minimum atomic E-state index is -0.216. The average molecular weight is 399 g/mol. The van der Waals surface area contributed by atoms with Crippen LogP contribution in [0.15, 0.2) is 23.0 Å². The highest BCUT2D eigenvalue weighted by atomic mass is 33.1. The Morgan fingerprint density at radius 2 is 1.15 bits per heavy atom. The molecule has 26 heavy (non-hydrogen) atoms. The molecule has 0 bridgehead atoms. The second-order valence-electron chi connectivity index (χ2n) is 5.02. The molecule has 0 N–H and O–H groups in total. The van der Waals surface area contributed by atoms with Crippen molar-refractivity contribution in [1.82, 2.24) is 39.3 Å². The molecule has 2 rings (SSSR count). The van der Waals surface area contributed by atoms with Crippen molar-refractivity contribution >= 4 is 33.7 Å². The third-order valence-electron chi connectivity index (χ3n) is 3.59. The van der Waals surface area contributed by atoms with Gasteiger partial charge in [0.25, 0.3) is 0 Å². The maximum absolute atomic E-state index is 12.2. The zero-order valence-electron chi connectivity index (χ0n) is 15.2. The van der Waals surface area contributed by atoms with Crippen LogP contribution in [0.1, 0.15) is 27.7 Å². The fourth-order valence-corrected chi connectivity index (χ4v) is 3.59. The molecule has 2 heterocycles. The first-order valence-corrected chi connectivity index (χ1v) is 10.4. The fraction of sp³-hybridized carbons (Fsp3) is 0.571. The summed E-state index contributed by atoms with van der Waals surface area (Å²) in [5, 5.41) is 9.15. The quantitative estimate of drug-likeness (QED) is 0.655. The minimum absolute atomic E-state index is 0.216. The van der Waals surface area contributed by atoms with E-state index in [0.29, 0.717) is 36.5 Å². The third kappa shape index (κ3) is 4.75. The molecule has 0 spiro atoms. The van der Waals surface area contributed by atoms with Crippen LogP contribution in [0.4, 0.5) is 9.59 Å². The van der Waals surface area contributed by atoms with Gasteiger partial charge in [-0.05, 0) is 49.3 Å². The van der Waals surface area contributed by atoms with Gasteiger partial charge in [0.15, 0.2) is 0 Å². The van der Waals surface area contributed by atoms with E-state index in [1.54, 1.807) is 9.80 Å². The SMILES string of the molecule is CCN(CC)C(=O)n1cnc(SSc2ncn(C(=O)N(CC)CC)n2)n1. The molecule has 0 saturated heterocycles. The summed E-state index contributed by atoms with van der Waals surface area (Å²) >= 11 is 0. The number of amides is 2. The first-order chi connectivity index (χ1) is 12.5. The first-order valence-electron chi connectivity index (χ1n) is 8.30. The Kier molecular flexibility index (Phi) is 7.45. The standard InChI is InChI=1S/C14H22N8O2S2/c1-5-19(6-2)13(23)21-9-15-11(17-21)25-26-12-16-10-22(18-12)14(24)20(7-3)8-4/h9-10H,5-8H2,1-4H3. The summed E-state index contributed by atoms with van der Waals surface area (Å²) in [6.07, 6.45) is 2.78. The van der Waals surface area contributed by atoms with E-state index in [2.05, 4.69) is 20.2 Å². The third-order valence-corrected chi connectivity index (χ3v) is 5.49. The Balaban J connectivity index is 1.96. The van der Waals surface area contributed by atoms with Crippen molar-refractivity contribution in [3.05, 3.63) is 12.7 Å². The van der Waals surface area contributed by atoms with Gasteiger partial charge in [0.2, 0.25) is 10.3 Å². The summed E-state index contributed by atoms with van der Waals surface area (Å²) in [5.41, 5.74) is 0. The van der Waals surface area contributed by atoms with Crippen LogP contribution in [0.5, 0.6) is 0 Å². The molecule has 12 heteroatoms. The van der Waals surface area contributed by atoms with Gasteiger partial charge in [-0.1, -0.05) is 0 Å². The van der Waals surface area contributed by atoms with Gasteiger partial charge in [-0.2, -0.15) is 9.36 Å². The molecular weight excluding hydrogens is 376 g/mol. The molecule has 0 fully saturated rings. The molecule has 2 aromatic rings. The lowest BCUT2D eigenvalue weighted by molar-refractivity contribution is 0.200. The predicted molar refractivity (Wildman–Crippen MR) is 99.2 cm³/mol. The second kappa shape index (κ2) is 9.57. The van der Waals surface area contributed by atoms with Crippen LogP contribution in [0.2, 0.25) is 0 Å². The number of nitrogens with zero attached hydrogens (tertiary/aromatic N) is 8. The van der Waals surface area contributed by atoms with Crippen molar-refractivity contribution in [2.45, 2.75) is 38.0 Å². The first kappa shape index (κ1) is 20.2. The molecular formula is C14H22N8O2S2. The minimum Gasteiger partial charge on any atom is -0.323 e. The van der Waals surface area contributed by atoms with Crippen molar-refractivity contribution in [3.63, 3.8) is 0 Å². The summed E-state index contributed by atoms with van der Waals surface area (Å²) in [4.78, 5) is 35.9. The van der Waals surface area contributed by atoms with Gasteiger partial charge in [-0.15, -0.1) is 10.2 Å². The Hall–Kier alpha value is -2.08. The topological polar surface area (TPSA) is 102 Å². The molecule has 0 aromatic carbocycles. The summed E-state index contributed by atoms with van der Waals surface area (Å²) in [7, 11) is 2.45. The zero-order valence-corrected chi connectivity index (χ0v) is 16.8. The van der Waals surface area contributed by atoms with E-state index in [-0.39, 0.29) is 12.1 Å². The van der Waals surface area contributed by atoms with Crippen molar-refractivity contribution in [2.24, 2.45) is 0 Å². The lowest BCUT2D eigenvalue weighted by Gasteiger charge is -2.17. The number of aromatic nitrogens is 6. The number of hydrogen-bond acceptors (Lipinski definition) is 8. The molecule has 142 valence electrons. The van der Waals surface area contributed by atoms with Crippen molar-refractivity contribution in [2.75, 3.05) is 26.2 Å². The molecule has 0 saturated carbocycles. The number of hydrogen-bond donors (Lipinski definition) is 0. The zero-order chi connectivity index (χ0) is 19.1. The van der Waals surface area contributed by atoms with Crippen LogP contribution in [0.25, 0.3) is 0 Å². The molecule has 2 amide bonds. The smallest absolute Gasteiger partial charge is 0.323 e. The molecule has 0 aliphatic heterocycles. The maximum atomic E-state index is 12.2. The van der Waals surface area contributed by atoms with E-state index in [1.165, 1.54) is 43.6 Å². The predicted octanol–water partition coefficient (Wildman–Crippen LogP) is 2.29. The van der Waals surface area contributed by atoms with E-state index in [9.17, 15) is 9.59 Å². The lowest BCUT2D eigenvalue weighted by Crippen LogP contribution is -2.34. The van der Waals surface area contributed by atoms with Crippen LogP contribution < -0.4 is 0 Å². The summed E-state index contributed by atoms with van der Waals surface area (Å²) in [6, 6.07) is -0.432. The van der Waals surface area contributed by atoms with Gasteiger partial charge in [0, 0.05) is 26.2 Å². The summed E-state index contributed by atoms with van der Waals surface area (Å²) < 4.78 is 2.43. The highest BCUT2D eigenvalue weighted by Crippen LogP contribution is 2.32. The van der Waals surface area contributed by atoms with E-state index in [4.69, 9.17) is 0 Å². The average Bonchev–Trinajstić information content (AvgIpc) is 3.31. The van der Waals surface area contributed by atoms with Crippen molar-refractivity contribution in [1.29, 1.82) is 0 Å². The fourth-order valence-electron chi connectivity index (χ4n) is 2.11. The van der Waals surface area contributed by atoms with Gasteiger partial charge >= 0.3 is 12.1 Å². The lowest BCUT2D eigenvalue weighted by atomic mass is 10.5. The molecule has 2 aromatic heterocycles. The highest BCUT2D eigenvalue weighted by Gasteiger charge is 2.17. The van der Waals surface area contributed by atoms with E-state index in [1.807, 2.05) is 27.7 Å². The summed E-state index contributed by atoms with van der Waals surface area (Å²) in [5.74, 6) is 0. The largest absolute Gasteiger partial charge is 0.346 e. The molecule has 0 aliphatic carbocycles. The maximum Gasteiger partial charge on any atom is 0.346 e. The normalized spacial score (nSPS) is 10.8. The van der Waals surface area contributed by atoms with E-state index < -0.39 is 0 Å². The van der Waals surface area contributed by atoms with Crippen LogP contribution in [0, 0.1) is 0 Å². The van der Waals surface area contributed by atoms with E-state index in [0.717, 1.165) is 0 Å². The van der Waals surface area contributed by atoms with E-state index >= 15 is 0 Å². The van der Waals surface area contributed by atoms with Crippen molar-refractivity contribution < 1.29 is 9.59 Å². The molecule has 0 unspecified atom stereocenters. The van der Waals surface area contributed by atoms with Gasteiger partial charge in [0.05, 0.1) is 0 Å². The van der Waals surface area contributed by atoms with Crippen molar-refractivity contribution in [3.8, 4) is 0 Å². The van der Waals surface area contributed by atoms with Crippen LogP contribution in [0.3, 0.4) is 0 Å². The molecule has 0 aliphatic rings. The number of carbonyl (C=O) groups is 2. The number of carbonyl (C=O) groups excluding carboxylic acids is 2. The van der Waals surface area contributed by atoms with Crippen LogP contribution >= 0.6 is 21.6 Å².